The van der Waals surface area contributed by atoms with Crippen molar-refractivity contribution < 1.29 is 14.0 Å². The molecule has 0 aliphatic carbocycles. The van der Waals surface area contributed by atoms with Gasteiger partial charge in [0.2, 0.25) is 0 Å². The van der Waals surface area contributed by atoms with Gasteiger partial charge in [-0.1, -0.05) is 0 Å². The van der Waals surface area contributed by atoms with Crippen LogP contribution in [0, 0.1) is 5.92 Å². The molecule has 1 saturated heterocycles. The van der Waals surface area contributed by atoms with Crippen molar-refractivity contribution in [1.82, 2.24) is 15.1 Å². The lowest BCUT2D eigenvalue weighted by molar-refractivity contribution is 0.0935. The molecule has 20 heavy (non-hydrogen) atoms. The summed E-state index contributed by atoms with van der Waals surface area (Å²) in [7, 11) is 3.53. The Bertz CT molecular complexity index is 448. The molecule has 3 amide bonds. The number of hydrogen-bond acceptors (Lipinski definition) is 3. The number of carbonyl (C=O) groups excluding carboxylic acids is 2. The van der Waals surface area contributed by atoms with E-state index in [-0.39, 0.29) is 11.9 Å². The lowest BCUT2D eigenvalue weighted by atomic mass is 9.97. The Kier molecular flexibility index (Phi) is 4.65. The van der Waals surface area contributed by atoms with E-state index in [4.69, 9.17) is 4.42 Å². The highest BCUT2D eigenvalue weighted by molar-refractivity contribution is 5.93. The minimum absolute atomic E-state index is 0.0610. The maximum atomic E-state index is 11.8. The fraction of sp³-hybridized carbons (Fsp3) is 0.571. The molecule has 0 spiro atoms. The van der Waals surface area contributed by atoms with Gasteiger partial charge in [-0.05, 0) is 24.8 Å². The predicted molar refractivity (Wildman–Crippen MR) is 74.4 cm³/mol. The van der Waals surface area contributed by atoms with Crippen molar-refractivity contribution in [2.45, 2.75) is 12.8 Å². The van der Waals surface area contributed by atoms with Gasteiger partial charge in [-0.2, -0.15) is 0 Å². The van der Waals surface area contributed by atoms with E-state index in [1.807, 2.05) is 4.90 Å². The zero-order valence-electron chi connectivity index (χ0n) is 12.0. The minimum atomic E-state index is -0.106. The van der Waals surface area contributed by atoms with Crippen molar-refractivity contribution in [2.75, 3.05) is 33.7 Å². The summed E-state index contributed by atoms with van der Waals surface area (Å²) in [5.74, 6) is 0.322. The van der Waals surface area contributed by atoms with E-state index in [0.717, 1.165) is 25.9 Å². The van der Waals surface area contributed by atoms with E-state index in [1.54, 1.807) is 25.1 Å². The molecular formula is C14H21N3O3. The smallest absolute Gasteiger partial charge is 0.319 e. The molecule has 0 radical (unpaired) electrons. The number of hydrogen-bond donors (Lipinski definition) is 1. The van der Waals surface area contributed by atoms with E-state index in [9.17, 15) is 9.59 Å². The van der Waals surface area contributed by atoms with Crippen LogP contribution in [0.1, 0.15) is 23.2 Å². The molecule has 2 rings (SSSR count). The zero-order valence-corrected chi connectivity index (χ0v) is 12.0. The molecule has 1 aromatic heterocycles. The number of furan rings is 1. The highest BCUT2D eigenvalue weighted by Gasteiger charge is 2.24. The summed E-state index contributed by atoms with van der Waals surface area (Å²) in [6, 6.07) is 1.71. The molecule has 1 fully saturated rings. The third-order valence-electron chi connectivity index (χ3n) is 3.60. The molecule has 0 saturated carbocycles. The van der Waals surface area contributed by atoms with Crippen molar-refractivity contribution in [3.05, 3.63) is 24.2 Å². The van der Waals surface area contributed by atoms with Gasteiger partial charge in [0, 0.05) is 33.7 Å². The lowest BCUT2D eigenvalue weighted by Gasteiger charge is -2.33. The number of urea groups is 1. The number of nitrogens with zero attached hydrogens (tertiary/aromatic N) is 2. The van der Waals surface area contributed by atoms with Gasteiger partial charge < -0.3 is 19.5 Å². The van der Waals surface area contributed by atoms with Crippen molar-refractivity contribution in [3.8, 4) is 0 Å². The normalized spacial score (nSPS) is 16.0. The number of amides is 3. The molecule has 1 aliphatic heterocycles. The lowest BCUT2D eigenvalue weighted by Crippen LogP contribution is -2.45. The Balaban J connectivity index is 1.72. The number of carbonyl (C=O) groups is 2. The summed E-state index contributed by atoms with van der Waals surface area (Å²) < 4.78 is 4.88. The number of rotatable bonds is 3. The average molecular weight is 279 g/mol. The summed E-state index contributed by atoms with van der Waals surface area (Å²) in [4.78, 5) is 27.0. The van der Waals surface area contributed by atoms with Gasteiger partial charge in [0.05, 0.1) is 11.8 Å². The summed E-state index contributed by atoms with van der Waals surface area (Å²) in [5, 5.41) is 2.91. The Morgan fingerprint density at radius 1 is 1.40 bits per heavy atom. The van der Waals surface area contributed by atoms with Crippen molar-refractivity contribution in [2.24, 2.45) is 5.92 Å². The minimum Gasteiger partial charge on any atom is -0.472 e. The second-order valence-corrected chi connectivity index (χ2v) is 5.33. The fourth-order valence-corrected chi connectivity index (χ4v) is 2.34. The number of nitrogens with one attached hydrogen (secondary N) is 1. The summed E-state index contributed by atoms with van der Waals surface area (Å²) >= 11 is 0. The van der Waals surface area contributed by atoms with Crippen LogP contribution in [-0.2, 0) is 0 Å². The summed E-state index contributed by atoms with van der Waals surface area (Å²) in [5.41, 5.74) is 0.547. The zero-order chi connectivity index (χ0) is 14.5. The first kappa shape index (κ1) is 14.4. The van der Waals surface area contributed by atoms with E-state index >= 15 is 0 Å². The molecule has 6 nitrogen and oxygen atoms in total. The second kappa shape index (κ2) is 6.45. The highest BCUT2D eigenvalue weighted by Crippen LogP contribution is 2.17. The van der Waals surface area contributed by atoms with Gasteiger partial charge in [0.15, 0.2) is 0 Å². The van der Waals surface area contributed by atoms with Crippen LogP contribution >= 0.6 is 0 Å². The molecule has 0 aromatic carbocycles. The molecule has 110 valence electrons. The fourth-order valence-electron chi connectivity index (χ4n) is 2.34. The third kappa shape index (κ3) is 3.53. The van der Waals surface area contributed by atoms with Gasteiger partial charge in [0.25, 0.3) is 5.91 Å². The SMILES string of the molecule is CN(C)C(=O)N1CCC(CNC(=O)c2ccoc2)CC1. The van der Waals surface area contributed by atoms with Crippen molar-refractivity contribution in [3.63, 3.8) is 0 Å². The average Bonchev–Trinajstić information content (AvgIpc) is 2.98. The van der Waals surface area contributed by atoms with Crippen molar-refractivity contribution in [1.29, 1.82) is 0 Å². The van der Waals surface area contributed by atoms with Crippen molar-refractivity contribution >= 4 is 11.9 Å². The molecule has 1 aliphatic rings. The molecule has 1 N–H and O–H groups in total. The molecule has 2 heterocycles. The van der Waals surface area contributed by atoms with Crippen LogP contribution in [0.15, 0.2) is 23.0 Å². The Labute approximate surface area is 118 Å². The second-order valence-electron chi connectivity index (χ2n) is 5.33. The van der Waals surface area contributed by atoms with Gasteiger partial charge in [-0.3, -0.25) is 4.79 Å². The van der Waals surface area contributed by atoms with Crippen LogP contribution in [0.5, 0.6) is 0 Å². The quantitative estimate of drug-likeness (QED) is 0.909. The van der Waals surface area contributed by atoms with Crippen LogP contribution in [0.4, 0.5) is 4.79 Å². The highest BCUT2D eigenvalue weighted by atomic mass is 16.3. The summed E-state index contributed by atoms with van der Waals surface area (Å²) in [6.45, 7) is 2.15. The van der Waals surface area contributed by atoms with Crippen LogP contribution in [-0.4, -0.2) is 55.5 Å². The standard InChI is InChI=1S/C14H21N3O3/c1-16(2)14(19)17-6-3-11(4-7-17)9-15-13(18)12-5-8-20-10-12/h5,8,10-11H,3-4,6-7,9H2,1-2H3,(H,15,18). The Morgan fingerprint density at radius 3 is 2.65 bits per heavy atom. The maximum absolute atomic E-state index is 11.8. The van der Waals surface area contributed by atoms with Gasteiger partial charge >= 0.3 is 6.03 Å². The number of piperidine rings is 1. The summed E-state index contributed by atoms with van der Waals surface area (Å²) in [6.07, 6.45) is 4.77. The van der Waals surface area contributed by atoms with Crippen LogP contribution in [0.3, 0.4) is 0 Å². The molecular weight excluding hydrogens is 258 g/mol. The van der Waals surface area contributed by atoms with E-state index in [2.05, 4.69) is 5.32 Å². The first-order valence-corrected chi connectivity index (χ1v) is 6.84. The largest absolute Gasteiger partial charge is 0.472 e. The van der Waals surface area contributed by atoms with Gasteiger partial charge in [-0.25, -0.2) is 4.79 Å². The first-order chi connectivity index (χ1) is 9.58. The molecule has 0 unspecified atom stereocenters. The van der Waals surface area contributed by atoms with E-state index in [0.29, 0.717) is 18.0 Å². The van der Waals surface area contributed by atoms with Gasteiger partial charge in [0.1, 0.15) is 6.26 Å². The predicted octanol–water partition coefficient (Wildman–Crippen LogP) is 1.40. The number of likely N-dealkylation sites (tertiary alicyclic amines) is 1. The van der Waals surface area contributed by atoms with Gasteiger partial charge in [-0.15, -0.1) is 0 Å². The van der Waals surface area contributed by atoms with Crippen LogP contribution < -0.4 is 5.32 Å². The Morgan fingerprint density at radius 2 is 2.10 bits per heavy atom. The van der Waals surface area contributed by atoms with E-state index < -0.39 is 0 Å². The molecule has 0 bridgehead atoms. The molecule has 6 heteroatoms. The molecule has 1 aromatic rings. The molecule has 0 atom stereocenters. The monoisotopic (exact) mass is 279 g/mol. The topological polar surface area (TPSA) is 65.8 Å². The first-order valence-electron chi connectivity index (χ1n) is 6.84. The third-order valence-corrected chi connectivity index (χ3v) is 3.60. The van der Waals surface area contributed by atoms with E-state index in [1.165, 1.54) is 12.5 Å². The maximum Gasteiger partial charge on any atom is 0.319 e. The van der Waals surface area contributed by atoms with Crippen LogP contribution in [0.2, 0.25) is 0 Å². The Hall–Kier alpha value is -1.98. The van der Waals surface area contributed by atoms with Crippen LogP contribution in [0.25, 0.3) is 0 Å².